The molecular formula is C18H23ClFNO2. The summed E-state index contributed by atoms with van der Waals surface area (Å²) in [4.78, 5) is 13.1. The van der Waals surface area contributed by atoms with Gasteiger partial charge in [0.05, 0.1) is 0 Å². The SMILES string of the molecule is O=C(O)CC1CCC2(CC1)CCN(c1cc(F)cc(Cl)c1)CC2. The van der Waals surface area contributed by atoms with Gasteiger partial charge in [-0.05, 0) is 68.1 Å². The molecule has 1 saturated heterocycles. The quantitative estimate of drug-likeness (QED) is 0.865. The Bertz CT molecular complexity index is 554. The van der Waals surface area contributed by atoms with Crippen LogP contribution in [-0.2, 0) is 4.79 Å². The van der Waals surface area contributed by atoms with E-state index >= 15 is 0 Å². The number of anilines is 1. The molecule has 0 unspecified atom stereocenters. The summed E-state index contributed by atoms with van der Waals surface area (Å²) < 4.78 is 13.5. The Kier molecular flexibility index (Phi) is 4.81. The average molecular weight is 340 g/mol. The Morgan fingerprint density at radius 3 is 2.43 bits per heavy atom. The molecule has 0 amide bonds. The van der Waals surface area contributed by atoms with Gasteiger partial charge in [-0.25, -0.2) is 4.39 Å². The maximum Gasteiger partial charge on any atom is 0.303 e. The lowest BCUT2D eigenvalue weighted by Crippen LogP contribution is -2.42. The van der Waals surface area contributed by atoms with Crippen molar-refractivity contribution in [3.8, 4) is 0 Å². The summed E-state index contributed by atoms with van der Waals surface area (Å²) in [6.45, 7) is 1.84. The normalized spacial score (nSPS) is 21.6. The van der Waals surface area contributed by atoms with Crippen molar-refractivity contribution in [1.29, 1.82) is 0 Å². The van der Waals surface area contributed by atoms with Gasteiger partial charge in [-0.1, -0.05) is 11.6 Å². The maximum absolute atomic E-state index is 13.5. The lowest BCUT2D eigenvalue weighted by molar-refractivity contribution is -0.138. The number of aliphatic carboxylic acids is 1. The monoisotopic (exact) mass is 339 g/mol. The van der Waals surface area contributed by atoms with Gasteiger partial charge in [0.1, 0.15) is 5.82 Å². The summed E-state index contributed by atoms with van der Waals surface area (Å²) >= 11 is 5.95. The van der Waals surface area contributed by atoms with Crippen LogP contribution in [0.1, 0.15) is 44.9 Å². The van der Waals surface area contributed by atoms with Crippen LogP contribution in [0.15, 0.2) is 18.2 Å². The van der Waals surface area contributed by atoms with Gasteiger partial charge in [-0.2, -0.15) is 0 Å². The number of piperidine rings is 1. The molecule has 0 bridgehead atoms. The van der Waals surface area contributed by atoms with E-state index < -0.39 is 5.97 Å². The number of benzene rings is 1. The summed E-state index contributed by atoms with van der Waals surface area (Å²) in [5.74, 6) is -0.621. The van der Waals surface area contributed by atoms with Gasteiger partial charge in [0.2, 0.25) is 0 Å². The molecule has 126 valence electrons. The number of halogens is 2. The second-order valence-corrected chi connectivity index (χ2v) is 7.59. The summed E-state index contributed by atoms with van der Waals surface area (Å²) in [5.41, 5.74) is 1.23. The summed E-state index contributed by atoms with van der Waals surface area (Å²) in [6.07, 6.45) is 6.81. The fourth-order valence-corrected chi connectivity index (χ4v) is 4.42. The molecule has 3 nitrogen and oxygen atoms in total. The van der Waals surface area contributed by atoms with Gasteiger partial charge >= 0.3 is 5.97 Å². The number of hydrogen-bond acceptors (Lipinski definition) is 2. The molecule has 1 aliphatic carbocycles. The van der Waals surface area contributed by atoms with Crippen LogP contribution in [0.25, 0.3) is 0 Å². The van der Waals surface area contributed by atoms with Crippen LogP contribution >= 0.6 is 11.6 Å². The molecule has 1 saturated carbocycles. The van der Waals surface area contributed by atoms with E-state index in [0.717, 1.165) is 57.3 Å². The number of rotatable bonds is 3. The maximum atomic E-state index is 13.5. The van der Waals surface area contributed by atoms with Gasteiger partial charge in [0.15, 0.2) is 0 Å². The van der Waals surface area contributed by atoms with E-state index in [-0.39, 0.29) is 5.82 Å². The van der Waals surface area contributed by atoms with E-state index in [1.165, 1.54) is 6.07 Å². The topological polar surface area (TPSA) is 40.5 Å². The predicted octanol–water partition coefficient (Wildman–Crippen LogP) is 4.73. The number of carbonyl (C=O) groups is 1. The number of hydrogen-bond donors (Lipinski definition) is 1. The molecule has 0 radical (unpaired) electrons. The Balaban J connectivity index is 1.57. The molecule has 1 N–H and O–H groups in total. The van der Waals surface area contributed by atoms with Gasteiger partial charge in [-0.3, -0.25) is 4.79 Å². The molecule has 5 heteroatoms. The molecular weight excluding hydrogens is 317 g/mol. The number of carboxylic acid groups (broad SMARTS) is 1. The van der Waals surface area contributed by atoms with E-state index in [2.05, 4.69) is 4.90 Å². The highest BCUT2D eigenvalue weighted by Crippen LogP contribution is 2.47. The molecule has 2 fully saturated rings. The first-order valence-electron chi connectivity index (χ1n) is 8.39. The zero-order valence-electron chi connectivity index (χ0n) is 13.2. The van der Waals surface area contributed by atoms with Crippen molar-refractivity contribution in [1.82, 2.24) is 0 Å². The van der Waals surface area contributed by atoms with Crippen LogP contribution in [0.3, 0.4) is 0 Å². The summed E-state index contributed by atoms with van der Waals surface area (Å²) in [5, 5.41) is 9.36. The fourth-order valence-electron chi connectivity index (χ4n) is 4.20. The van der Waals surface area contributed by atoms with Crippen molar-refractivity contribution in [2.75, 3.05) is 18.0 Å². The Labute approximate surface area is 141 Å². The van der Waals surface area contributed by atoms with Gasteiger partial charge in [0.25, 0.3) is 0 Å². The third kappa shape index (κ3) is 3.97. The predicted molar refractivity (Wildman–Crippen MR) is 89.5 cm³/mol. The van der Waals surface area contributed by atoms with Gasteiger partial charge in [-0.15, -0.1) is 0 Å². The Morgan fingerprint density at radius 2 is 1.87 bits per heavy atom. The zero-order chi connectivity index (χ0) is 16.4. The molecule has 1 aliphatic heterocycles. The molecule has 0 atom stereocenters. The minimum absolute atomic E-state index is 0.290. The third-order valence-corrected chi connectivity index (χ3v) is 5.88. The molecule has 1 heterocycles. The molecule has 2 aliphatic rings. The van der Waals surface area contributed by atoms with Crippen molar-refractivity contribution in [2.24, 2.45) is 11.3 Å². The fraction of sp³-hybridized carbons (Fsp3) is 0.611. The zero-order valence-corrected chi connectivity index (χ0v) is 14.0. The summed E-state index contributed by atoms with van der Waals surface area (Å²) in [6, 6.07) is 4.71. The van der Waals surface area contributed by atoms with Crippen LogP contribution < -0.4 is 4.90 Å². The second kappa shape index (κ2) is 6.68. The van der Waals surface area contributed by atoms with E-state index in [9.17, 15) is 9.18 Å². The number of carboxylic acids is 1. The third-order valence-electron chi connectivity index (χ3n) is 5.67. The van der Waals surface area contributed by atoms with Crippen molar-refractivity contribution >= 4 is 23.3 Å². The summed E-state index contributed by atoms with van der Waals surface area (Å²) in [7, 11) is 0. The molecule has 1 aromatic rings. The largest absolute Gasteiger partial charge is 0.481 e. The van der Waals surface area contributed by atoms with Crippen LogP contribution in [0.5, 0.6) is 0 Å². The molecule has 1 aromatic carbocycles. The molecule has 0 aromatic heterocycles. The van der Waals surface area contributed by atoms with Crippen molar-refractivity contribution in [3.05, 3.63) is 29.0 Å². The molecule has 1 spiro atoms. The van der Waals surface area contributed by atoms with Gasteiger partial charge < -0.3 is 10.0 Å². The van der Waals surface area contributed by atoms with E-state index in [1.54, 1.807) is 6.07 Å². The van der Waals surface area contributed by atoms with Gasteiger partial charge in [0, 0.05) is 30.2 Å². The van der Waals surface area contributed by atoms with Crippen molar-refractivity contribution in [2.45, 2.75) is 44.9 Å². The Morgan fingerprint density at radius 1 is 1.22 bits per heavy atom. The van der Waals surface area contributed by atoms with Crippen LogP contribution in [0, 0.1) is 17.2 Å². The first kappa shape index (κ1) is 16.6. The van der Waals surface area contributed by atoms with Crippen LogP contribution in [0.4, 0.5) is 10.1 Å². The van der Waals surface area contributed by atoms with Crippen molar-refractivity contribution in [3.63, 3.8) is 0 Å². The van der Waals surface area contributed by atoms with Crippen LogP contribution in [-0.4, -0.2) is 24.2 Å². The van der Waals surface area contributed by atoms with E-state index in [1.807, 2.05) is 6.07 Å². The highest BCUT2D eigenvalue weighted by molar-refractivity contribution is 6.30. The number of nitrogens with zero attached hydrogens (tertiary/aromatic N) is 1. The lowest BCUT2D eigenvalue weighted by Gasteiger charge is -2.46. The highest BCUT2D eigenvalue weighted by Gasteiger charge is 2.38. The second-order valence-electron chi connectivity index (χ2n) is 7.16. The van der Waals surface area contributed by atoms with E-state index in [4.69, 9.17) is 16.7 Å². The highest BCUT2D eigenvalue weighted by atomic mass is 35.5. The first-order valence-corrected chi connectivity index (χ1v) is 8.76. The van der Waals surface area contributed by atoms with Crippen LogP contribution in [0.2, 0.25) is 5.02 Å². The first-order chi connectivity index (χ1) is 11.0. The minimum atomic E-state index is -0.677. The smallest absolute Gasteiger partial charge is 0.303 e. The lowest BCUT2D eigenvalue weighted by atomic mass is 9.65. The molecule has 3 rings (SSSR count). The van der Waals surface area contributed by atoms with E-state index in [0.29, 0.717) is 22.8 Å². The molecule has 23 heavy (non-hydrogen) atoms. The van der Waals surface area contributed by atoms with Crippen molar-refractivity contribution < 1.29 is 14.3 Å². The Hall–Kier alpha value is -1.29. The average Bonchev–Trinajstić information content (AvgIpc) is 2.49. The minimum Gasteiger partial charge on any atom is -0.481 e. The standard InChI is InChI=1S/C18H23ClFNO2/c19-14-10-15(20)12-16(11-14)21-7-5-18(6-8-21)3-1-13(2-4-18)9-17(22)23/h10-13H,1-9H2,(H,22,23).